The van der Waals surface area contributed by atoms with Crippen LogP contribution in [0, 0.1) is 0 Å². The van der Waals surface area contributed by atoms with Crippen molar-refractivity contribution in [1.29, 1.82) is 0 Å². The Balaban J connectivity index is 2.36. The second kappa shape index (κ2) is 1.88. The normalized spacial score (nSPS) is 35.4. The van der Waals surface area contributed by atoms with Gasteiger partial charge in [0.2, 0.25) is 0 Å². The van der Waals surface area contributed by atoms with E-state index in [1.807, 2.05) is 0 Å². The quantitative estimate of drug-likeness (QED) is 0.473. The van der Waals surface area contributed by atoms with Crippen molar-refractivity contribution < 1.29 is 10.2 Å². The molecular formula is C6H10O2. The molecule has 0 aromatic heterocycles. The molecule has 0 heterocycles. The lowest BCUT2D eigenvalue weighted by Gasteiger charge is -1.88. The smallest absolute Gasteiger partial charge is 0.0790 e. The van der Waals surface area contributed by atoms with Gasteiger partial charge in [-0.1, -0.05) is 6.08 Å². The van der Waals surface area contributed by atoms with E-state index in [-0.39, 0.29) is 6.10 Å². The molecule has 1 aliphatic rings. The fourth-order valence-corrected chi connectivity index (χ4v) is 0.653. The maximum atomic E-state index is 8.70. The van der Waals surface area contributed by atoms with E-state index in [2.05, 4.69) is 0 Å². The molecule has 0 aromatic carbocycles. The summed E-state index contributed by atoms with van der Waals surface area (Å²) in [6, 6.07) is 0. The van der Waals surface area contributed by atoms with E-state index >= 15 is 0 Å². The van der Waals surface area contributed by atoms with Crippen LogP contribution >= 0.6 is 0 Å². The van der Waals surface area contributed by atoms with Crippen LogP contribution in [-0.4, -0.2) is 22.4 Å². The molecule has 0 amide bonds. The van der Waals surface area contributed by atoms with E-state index in [1.54, 1.807) is 13.0 Å². The summed E-state index contributed by atoms with van der Waals surface area (Å²) >= 11 is 0. The van der Waals surface area contributed by atoms with Gasteiger partial charge < -0.3 is 10.2 Å². The fourth-order valence-electron chi connectivity index (χ4n) is 0.653. The maximum absolute atomic E-state index is 8.70. The highest BCUT2D eigenvalue weighted by molar-refractivity contribution is 5.25. The second-order valence-electron chi connectivity index (χ2n) is 2.20. The van der Waals surface area contributed by atoms with Crippen molar-refractivity contribution in [3.63, 3.8) is 0 Å². The Kier molecular flexibility index (Phi) is 1.36. The Morgan fingerprint density at radius 3 is 2.50 bits per heavy atom. The molecule has 0 bridgehead atoms. The largest absolute Gasteiger partial charge is 0.389 e. The van der Waals surface area contributed by atoms with Crippen molar-refractivity contribution >= 4 is 0 Å². The van der Waals surface area contributed by atoms with E-state index in [0.717, 1.165) is 12.0 Å². The predicted molar refractivity (Wildman–Crippen MR) is 30.4 cm³/mol. The number of aliphatic hydroxyl groups excluding tert-OH is 2. The van der Waals surface area contributed by atoms with Crippen LogP contribution in [0.2, 0.25) is 0 Å². The molecule has 1 fully saturated rings. The third kappa shape index (κ3) is 1.32. The van der Waals surface area contributed by atoms with Gasteiger partial charge in [0.1, 0.15) is 0 Å². The van der Waals surface area contributed by atoms with Crippen LogP contribution < -0.4 is 0 Å². The Morgan fingerprint density at radius 1 is 1.88 bits per heavy atom. The lowest BCUT2D eigenvalue weighted by molar-refractivity contribution is 0.241. The fraction of sp³-hybridized carbons (Fsp3) is 0.667. The van der Waals surface area contributed by atoms with Crippen molar-refractivity contribution in [1.82, 2.24) is 0 Å². The predicted octanol–water partition coefficient (Wildman–Crippen LogP) is 0.0582. The summed E-state index contributed by atoms with van der Waals surface area (Å²) in [5.41, 5.74) is 0.972. The highest BCUT2D eigenvalue weighted by atomic mass is 16.3. The van der Waals surface area contributed by atoms with Gasteiger partial charge in [0.25, 0.3) is 0 Å². The van der Waals surface area contributed by atoms with Crippen molar-refractivity contribution in [3.8, 4) is 0 Å². The minimum atomic E-state index is -0.401. The van der Waals surface area contributed by atoms with Crippen LogP contribution in [0.1, 0.15) is 13.3 Å². The molecule has 2 heteroatoms. The third-order valence-corrected chi connectivity index (χ3v) is 1.15. The average molecular weight is 114 g/mol. The zero-order valence-electron chi connectivity index (χ0n) is 4.83. The molecule has 0 radical (unpaired) electrons. The van der Waals surface area contributed by atoms with Crippen LogP contribution in [0.25, 0.3) is 0 Å². The van der Waals surface area contributed by atoms with E-state index in [1.165, 1.54) is 0 Å². The van der Waals surface area contributed by atoms with Crippen LogP contribution in [0.3, 0.4) is 0 Å². The first-order valence-electron chi connectivity index (χ1n) is 2.77. The van der Waals surface area contributed by atoms with Gasteiger partial charge in [-0.15, -0.1) is 0 Å². The van der Waals surface area contributed by atoms with Crippen molar-refractivity contribution in [2.45, 2.75) is 25.6 Å². The Bertz CT molecular complexity index is 116. The Hall–Kier alpha value is -0.340. The monoisotopic (exact) mass is 114 g/mol. The van der Waals surface area contributed by atoms with Crippen LogP contribution in [-0.2, 0) is 0 Å². The van der Waals surface area contributed by atoms with Crippen LogP contribution in [0.15, 0.2) is 11.6 Å². The Morgan fingerprint density at radius 2 is 2.38 bits per heavy atom. The molecule has 0 saturated heterocycles. The maximum Gasteiger partial charge on any atom is 0.0790 e. The minimum absolute atomic E-state index is 0.246. The van der Waals surface area contributed by atoms with Crippen LogP contribution in [0.4, 0.5) is 0 Å². The molecule has 2 nitrogen and oxygen atoms in total. The molecule has 8 heavy (non-hydrogen) atoms. The van der Waals surface area contributed by atoms with Crippen LogP contribution in [0.5, 0.6) is 0 Å². The molecule has 1 rings (SSSR count). The molecule has 1 saturated carbocycles. The van der Waals surface area contributed by atoms with Gasteiger partial charge in [-0.25, -0.2) is 0 Å². The van der Waals surface area contributed by atoms with E-state index in [9.17, 15) is 0 Å². The minimum Gasteiger partial charge on any atom is -0.389 e. The third-order valence-electron chi connectivity index (χ3n) is 1.15. The first-order chi connectivity index (χ1) is 3.70. The molecule has 0 aliphatic heterocycles. The van der Waals surface area contributed by atoms with Gasteiger partial charge >= 0.3 is 0 Å². The van der Waals surface area contributed by atoms with Gasteiger partial charge in [0.05, 0.1) is 12.2 Å². The second-order valence-corrected chi connectivity index (χ2v) is 2.20. The summed E-state index contributed by atoms with van der Waals surface area (Å²) < 4.78 is 0. The zero-order valence-corrected chi connectivity index (χ0v) is 4.83. The van der Waals surface area contributed by atoms with E-state index in [4.69, 9.17) is 10.2 Å². The first kappa shape index (κ1) is 5.79. The lowest BCUT2D eigenvalue weighted by atomic mass is 10.3. The highest BCUT2D eigenvalue weighted by Crippen LogP contribution is 2.28. The summed E-state index contributed by atoms with van der Waals surface area (Å²) in [6.07, 6.45) is 1.79. The van der Waals surface area contributed by atoms with Gasteiger partial charge in [0, 0.05) is 6.42 Å². The average Bonchev–Trinajstić information content (AvgIpc) is 2.17. The van der Waals surface area contributed by atoms with Crippen molar-refractivity contribution in [3.05, 3.63) is 11.6 Å². The van der Waals surface area contributed by atoms with Crippen molar-refractivity contribution in [2.75, 3.05) is 0 Å². The number of aliphatic hydroxyl groups is 2. The standard InChI is InChI=1S/C6H10O2/c1-4(7)2-5-3-6(5)8/h2,4,6-8H,3H2,1H3. The summed E-state index contributed by atoms with van der Waals surface area (Å²) in [5.74, 6) is 0. The molecular weight excluding hydrogens is 104 g/mol. The summed E-state index contributed by atoms with van der Waals surface area (Å²) in [7, 11) is 0. The van der Waals surface area contributed by atoms with Gasteiger partial charge in [-0.3, -0.25) is 0 Å². The topological polar surface area (TPSA) is 40.5 Å². The summed E-state index contributed by atoms with van der Waals surface area (Å²) in [5, 5.41) is 17.4. The summed E-state index contributed by atoms with van der Waals surface area (Å²) in [4.78, 5) is 0. The lowest BCUT2D eigenvalue weighted by Crippen LogP contribution is -1.92. The van der Waals surface area contributed by atoms with E-state index in [0.29, 0.717) is 0 Å². The van der Waals surface area contributed by atoms with E-state index < -0.39 is 6.10 Å². The zero-order chi connectivity index (χ0) is 6.15. The molecule has 2 atom stereocenters. The first-order valence-corrected chi connectivity index (χ1v) is 2.77. The molecule has 46 valence electrons. The highest BCUT2D eigenvalue weighted by Gasteiger charge is 2.26. The molecule has 2 unspecified atom stereocenters. The number of hydrogen-bond donors (Lipinski definition) is 2. The van der Waals surface area contributed by atoms with Crippen molar-refractivity contribution in [2.24, 2.45) is 0 Å². The molecule has 2 N–H and O–H groups in total. The Labute approximate surface area is 48.5 Å². The summed E-state index contributed by atoms with van der Waals surface area (Å²) in [6.45, 7) is 1.68. The number of rotatable bonds is 1. The number of hydrogen-bond acceptors (Lipinski definition) is 2. The molecule has 1 aliphatic carbocycles. The van der Waals surface area contributed by atoms with Gasteiger partial charge in [-0.2, -0.15) is 0 Å². The molecule has 0 aromatic rings. The van der Waals surface area contributed by atoms with Gasteiger partial charge in [-0.05, 0) is 12.5 Å². The SMILES string of the molecule is CC(O)C=C1CC1O. The molecule has 0 spiro atoms. The van der Waals surface area contributed by atoms with Gasteiger partial charge in [0.15, 0.2) is 0 Å².